The van der Waals surface area contributed by atoms with Crippen LogP contribution >= 0.6 is 7.14 Å². The van der Waals surface area contributed by atoms with Crippen molar-refractivity contribution in [1.29, 1.82) is 0 Å². The van der Waals surface area contributed by atoms with Crippen LogP contribution in [0.3, 0.4) is 0 Å². The third-order valence-corrected chi connectivity index (χ3v) is 8.40. The fourth-order valence-electron chi connectivity index (χ4n) is 3.47. The van der Waals surface area contributed by atoms with Gasteiger partial charge >= 0.3 is 11.9 Å². The molecule has 0 bridgehead atoms. The molecule has 1 saturated heterocycles. The van der Waals surface area contributed by atoms with Gasteiger partial charge < -0.3 is 19.1 Å². The van der Waals surface area contributed by atoms with Gasteiger partial charge in [0.2, 0.25) is 5.69 Å². The topological polar surface area (TPSA) is 121 Å². The molecule has 0 saturated carbocycles. The van der Waals surface area contributed by atoms with Crippen molar-refractivity contribution < 1.29 is 28.7 Å². The number of rotatable bonds is 4. The van der Waals surface area contributed by atoms with Crippen LogP contribution in [0.15, 0.2) is 30.3 Å². The summed E-state index contributed by atoms with van der Waals surface area (Å²) in [6, 6.07) is 8.73. The van der Waals surface area contributed by atoms with E-state index in [1.807, 2.05) is 0 Å². The molecule has 1 aliphatic rings. The molecule has 0 spiro atoms. The molecule has 10 heteroatoms. The van der Waals surface area contributed by atoms with Crippen LogP contribution in [0.5, 0.6) is 0 Å². The Balaban J connectivity index is 2.24. The molecule has 0 aliphatic carbocycles. The highest BCUT2D eigenvalue weighted by Crippen LogP contribution is 2.66. The van der Waals surface area contributed by atoms with Crippen molar-refractivity contribution in [3.63, 3.8) is 0 Å². The molecule has 1 unspecified atom stereocenters. The number of carbonyl (C=O) groups is 2. The zero-order chi connectivity index (χ0) is 19.8. The van der Waals surface area contributed by atoms with Crippen LogP contribution in [0, 0.1) is 0 Å². The van der Waals surface area contributed by atoms with Gasteiger partial charge in [-0.2, -0.15) is 0 Å². The molecule has 0 amide bonds. The van der Waals surface area contributed by atoms with Crippen molar-refractivity contribution in [3.05, 3.63) is 41.7 Å². The summed E-state index contributed by atoms with van der Waals surface area (Å²) in [6.07, 6.45) is 0.459. The standard InChI is InChI=1S/C17H20N3O6P/c1-17(23)9-10-27(24,11-7-5-4-6-8-11)16(17)20-13(15(22)26-3)12(18-19-20)14(21)25-2/h4-8,16,23H,9-10H2,1-3H3/t16-,17-,27?/m1/s1. The van der Waals surface area contributed by atoms with Crippen LogP contribution in [-0.4, -0.2) is 58.0 Å². The highest BCUT2D eigenvalue weighted by Gasteiger charge is 2.55. The SMILES string of the molecule is COC(=O)c1nnn([C@H]2[C@](C)(O)CCP2(=O)c2ccccc2)c1C(=O)OC. The molecule has 1 aliphatic heterocycles. The van der Waals surface area contributed by atoms with Crippen LogP contribution in [0.2, 0.25) is 0 Å². The van der Waals surface area contributed by atoms with E-state index in [-0.39, 0.29) is 24.0 Å². The fraction of sp³-hybridized carbons (Fsp3) is 0.412. The Morgan fingerprint density at radius 2 is 1.85 bits per heavy atom. The number of methoxy groups -OCH3 is 2. The lowest BCUT2D eigenvalue weighted by Gasteiger charge is -2.30. The van der Waals surface area contributed by atoms with Gasteiger partial charge in [0.1, 0.15) is 12.9 Å². The number of ether oxygens (including phenoxy) is 2. The maximum atomic E-state index is 14.0. The van der Waals surface area contributed by atoms with E-state index in [1.54, 1.807) is 30.3 Å². The third kappa shape index (κ3) is 3.07. The molecule has 0 radical (unpaired) electrons. The van der Waals surface area contributed by atoms with E-state index < -0.39 is 30.5 Å². The van der Waals surface area contributed by atoms with E-state index in [4.69, 9.17) is 4.74 Å². The lowest BCUT2D eigenvalue weighted by atomic mass is 10.0. The summed E-state index contributed by atoms with van der Waals surface area (Å²) in [4.78, 5) is 24.3. The minimum atomic E-state index is -3.23. The molecule has 2 heterocycles. The third-order valence-electron chi connectivity index (χ3n) is 4.78. The zero-order valence-electron chi connectivity index (χ0n) is 15.2. The maximum absolute atomic E-state index is 14.0. The first-order valence-electron chi connectivity index (χ1n) is 8.25. The Morgan fingerprint density at radius 1 is 1.22 bits per heavy atom. The average Bonchev–Trinajstić information content (AvgIpc) is 3.20. The summed E-state index contributed by atoms with van der Waals surface area (Å²) in [7, 11) is -0.943. The van der Waals surface area contributed by atoms with Gasteiger partial charge in [0.25, 0.3) is 0 Å². The molecule has 1 aromatic carbocycles. The summed E-state index contributed by atoms with van der Waals surface area (Å²) in [5, 5.41) is 19.1. The molecule has 2 aromatic rings. The van der Waals surface area contributed by atoms with Crippen LogP contribution < -0.4 is 5.30 Å². The van der Waals surface area contributed by atoms with Crippen LogP contribution in [0.4, 0.5) is 0 Å². The van der Waals surface area contributed by atoms with Crippen molar-refractivity contribution in [2.75, 3.05) is 20.4 Å². The second kappa shape index (κ2) is 6.90. The van der Waals surface area contributed by atoms with E-state index in [9.17, 15) is 19.3 Å². The molecule has 1 N–H and O–H groups in total. The van der Waals surface area contributed by atoms with Crippen molar-refractivity contribution in [2.24, 2.45) is 0 Å². The molecule has 9 nitrogen and oxygen atoms in total. The summed E-state index contributed by atoms with van der Waals surface area (Å²) in [6.45, 7) is 1.53. The van der Waals surface area contributed by atoms with E-state index in [1.165, 1.54) is 6.92 Å². The van der Waals surface area contributed by atoms with Gasteiger partial charge in [0.15, 0.2) is 5.69 Å². The Morgan fingerprint density at radius 3 is 2.44 bits per heavy atom. The number of nitrogens with zero attached hydrogens (tertiary/aromatic N) is 3. The lowest BCUT2D eigenvalue weighted by Crippen LogP contribution is -2.35. The highest BCUT2D eigenvalue weighted by atomic mass is 31.2. The van der Waals surface area contributed by atoms with Gasteiger partial charge in [-0.25, -0.2) is 14.3 Å². The molecule has 3 rings (SSSR count). The minimum absolute atomic E-state index is 0.225. The quantitative estimate of drug-likeness (QED) is 0.608. The number of aromatic nitrogens is 3. The maximum Gasteiger partial charge on any atom is 0.361 e. The summed E-state index contributed by atoms with van der Waals surface area (Å²) >= 11 is 0. The molecule has 3 atom stereocenters. The summed E-state index contributed by atoms with van der Waals surface area (Å²) in [5.41, 5.74) is -2.09. The molecule has 144 valence electrons. The molecule has 1 aromatic heterocycles. The van der Waals surface area contributed by atoms with Gasteiger partial charge in [-0.1, -0.05) is 35.5 Å². The first kappa shape index (κ1) is 19.3. The first-order chi connectivity index (χ1) is 12.8. The number of esters is 2. The Hall–Kier alpha value is -2.51. The summed E-state index contributed by atoms with van der Waals surface area (Å²) < 4.78 is 24.4. The monoisotopic (exact) mass is 393 g/mol. The van der Waals surface area contributed by atoms with Crippen molar-refractivity contribution >= 4 is 24.4 Å². The number of benzene rings is 1. The normalized spacial score (nSPS) is 27.3. The van der Waals surface area contributed by atoms with Crippen LogP contribution in [0.25, 0.3) is 0 Å². The highest BCUT2D eigenvalue weighted by molar-refractivity contribution is 7.72. The number of carbonyl (C=O) groups excluding carboxylic acids is 2. The predicted molar refractivity (Wildman–Crippen MR) is 95.5 cm³/mol. The Kier molecular flexibility index (Phi) is 4.92. The molecular weight excluding hydrogens is 373 g/mol. The number of aliphatic hydroxyl groups is 1. The average molecular weight is 393 g/mol. The smallest absolute Gasteiger partial charge is 0.361 e. The first-order valence-corrected chi connectivity index (χ1v) is 10.2. The van der Waals surface area contributed by atoms with Crippen molar-refractivity contribution in [3.8, 4) is 0 Å². The molecule has 27 heavy (non-hydrogen) atoms. The van der Waals surface area contributed by atoms with E-state index in [0.717, 1.165) is 18.9 Å². The van der Waals surface area contributed by atoms with Gasteiger partial charge in [-0.3, -0.25) is 0 Å². The largest absolute Gasteiger partial charge is 0.464 e. The number of hydrogen-bond donors (Lipinski definition) is 1. The van der Waals surface area contributed by atoms with E-state index in [2.05, 4.69) is 15.0 Å². The Labute approximate surface area is 155 Å². The van der Waals surface area contributed by atoms with Crippen LogP contribution in [0.1, 0.15) is 40.1 Å². The summed E-state index contributed by atoms with van der Waals surface area (Å²) in [5.74, 6) is -2.84. The zero-order valence-corrected chi connectivity index (χ0v) is 16.1. The second-order valence-electron chi connectivity index (χ2n) is 6.55. The van der Waals surface area contributed by atoms with Crippen LogP contribution in [-0.2, 0) is 14.0 Å². The molecular formula is C17H20N3O6P. The molecule has 1 fully saturated rings. The van der Waals surface area contributed by atoms with Gasteiger partial charge in [0.05, 0.1) is 19.8 Å². The predicted octanol–water partition coefficient (Wildman–Crippen LogP) is 1.19. The van der Waals surface area contributed by atoms with E-state index in [0.29, 0.717) is 5.30 Å². The van der Waals surface area contributed by atoms with Gasteiger partial charge in [-0.05, 0) is 13.3 Å². The van der Waals surface area contributed by atoms with Crippen molar-refractivity contribution in [2.45, 2.75) is 24.7 Å². The minimum Gasteiger partial charge on any atom is -0.464 e. The second-order valence-corrected chi connectivity index (χ2v) is 9.59. The van der Waals surface area contributed by atoms with Gasteiger partial charge in [-0.15, -0.1) is 5.10 Å². The fourth-order valence-corrected chi connectivity index (χ4v) is 7.26. The lowest BCUT2D eigenvalue weighted by molar-refractivity contribution is 0.0337. The number of hydrogen-bond acceptors (Lipinski definition) is 8. The van der Waals surface area contributed by atoms with Gasteiger partial charge in [0, 0.05) is 11.5 Å². The van der Waals surface area contributed by atoms with E-state index >= 15 is 0 Å². The van der Waals surface area contributed by atoms with Crippen molar-refractivity contribution in [1.82, 2.24) is 15.0 Å². The Bertz CT molecular complexity index is 924.